The second kappa shape index (κ2) is 7.18. The Labute approximate surface area is 131 Å². The van der Waals surface area contributed by atoms with E-state index in [1.54, 1.807) is 7.05 Å². The zero-order valence-electron chi connectivity index (χ0n) is 12.8. The molecule has 23 heavy (non-hydrogen) atoms. The highest BCUT2D eigenvalue weighted by Crippen LogP contribution is 2.30. The maximum absolute atomic E-state index is 12.7. The number of nitrogens with zero attached hydrogens (tertiary/aromatic N) is 3. The summed E-state index contributed by atoms with van der Waals surface area (Å²) in [6.45, 7) is 0.212. The Morgan fingerprint density at radius 3 is 2.91 bits per heavy atom. The first kappa shape index (κ1) is 17.6. The Morgan fingerprint density at radius 2 is 2.26 bits per heavy atom. The lowest BCUT2D eigenvalue weighted by Crippen LogP contribution is -2.35. The number of ether oxygens (including phenoxy) is 1. The van der Waals surface area contributed by atoms with Crippen LogP contribution >= 0.6 is 0 Å². The molecule has 0 N–H and O–H groups in total. The van der Waals surface area contributed by atoms with Crippen LogP contribution in [0.15, 0.2) is 6.20 Å². The van der Waals surface area contributed by atoms with E-state index in [-0.39, 0.29) is 18.9 Å². The lowest BCUT2D eigenvalue weighted by atomic mass is 9.99. The van der Waals surface area contributed by atoms with Crippen molar-refractivity contribution in [2.45, 2.75) is 32.0 Å². The summed E-state index contributed by atoms with van der Waals surface area (Å²) in [5.74, 6) is 0.443. The fraction of sp³-hybridized carbons (Fsp3) is 0.714. The fourth-order valence-electron chi connectivity index (χ4n) is 2.59. The molecule has 0 saturated carbocycles. The van der Waals surface area contributed by atoms with E-state index >= 15 is 0 Å². The van der Waals surface area contributed by atoms with Gasteiger partial charge in [0, 0.05) is 39.2 Å². The topological polar surface area (TPSA) is 47.4 Å². The van der Waals surface area contributed by atoms with E-state index in [2.05, 4.69) is 4.98 Å². The molecule has 2 rings (SSSR count). The van der Waals surface area contributed by atoms with Gasteiger partial charge in [0.15, 0.2) is 5.69 Å². The van der Waals surface area contributed by atoms with Crippen molar-refractivity contribution >= 4 is 6.09 Å². The number of amides is 1. The van der Waals surface area contributed by atoms with Crippen LogP contribution < -0.4 is 0 Å². The van der Waals surface area contributed by atoms with Crippen LogP contribution in [0.5, 0.6) is 0 Å². The lowest BCUT2D eigenvalue weighted by molar-refractivity contribution is -0.141. The monoisotopic (exact) mass is 337 g/mol. The van der Waals surface area contributed by atoms with Crippen LogP contribution in [-0.2, 0) is 23.9 Å². The Morgan fingerprint density at radius 1 is 1.52 bits per heavy atom. The van der Waals surface area contributed by atoms with Crippen LogP contribution in [-0.4, -0.2) is 47.4 Å². The van der Waals surface area contributed by atoms with Gasteiger partial charge in [0.25, 0.3) is 0 Å². The number of imidazole rings is 1. The zero-order valence-corrected chi connectivity index (χ0v) is 12.8. The molecule has 1 aliphatic rings. The number of carbonyl (C=O) groups excluding carboxylic acids is 1. The number of fused-ring (bicyclic) bond motifs is 1. The molecule has 0 bridgehead atoms. The maximum Gasteiger partial charge on any atom is 0.434 e. The number of aromatic nitrogens is 2. The van der Waals surface area contributed by atoms with Crippen molar-refractivity contribution in [2.75, 3.05) is 26.9 Å². The SMILES string of the molecule is CN(CC1CCc2nc(C(F)(F)F)cn2C1)C(=O)OCCCF. The minimum Gasteiger partial charge on any atom is -0.449 e. The van der Waals surface area contributed by atoms with Gasteiger partial charge >= 0.3 is 12.3 Å². The van der Waals surface area contributed by atoms with E-state index in [9.17, 15) is 22.4 Å². The van der Waals surface area contributed by atoms with Gasteiger partial charge in [-0.25, -0.2) is 9.78 Å². The maximum atomic E-state index is 12.7. The van der Waals surface area contributed by atoms with Crippen LogP contribution in [0, 0.1) is 5.92 Å². The average Bonchev–Trinajstić information content (AvgIpc) is 2.90. The Hall–Kier alpha value is -1.80. The molecule has 9 heteroatoms. The average molecular weight is 337 g/mol. The van der Waals surface area contributed by atoms with E-state index in [4.69, 9.17) is 4.74 Å². The number of aryl methyl sites for hydroxylation is 1. The fourth-order valence-corrected chi connectivity index (χ4v) is 2.59. The molecule has 0 spiro atoms. The first-order valence-corrected chi connectivity index (χ1v) is 7.38. The predicted octanol–water partition coefficient (Wildman–Crippen LogP) is 2.89. The standard InChI is InChI=1S/C14H19F4N3O2/c1-20(13(22)23-6-2-5-15)7-10-3-4-12-19-11(14(16,17)18)9-21(12)8-10/h9-10H,2-8H2,1H3. The highest BCUT2D eigenvalue weighted by atomic mass is 19.4. The molecule has 1 aromatic rings. The van der Waals surface area contributed by atoms with Crippen molar-refractivity contribution < 1.29 is 27.1 Å². The Kier molecular flexibility index (Phi) is 5.48. The van der Waals surface area contributed by atoms with Gasteiger partial charge < -0.3 is 14.2 Å². The Bertz CT molecular complexity index is 545. The van der Waals surface area contributed by atoms with Gasteiger partial charge in [-0.15, -0.1) is 0 Å². The van der Waals surface area contributed by atoms with Gasteiger partial charge in [-0.1, -0.05) is 0 Å². The molecule has 0 fully saturated rings. The molecular formula is C14H19F4N3O2. The van der Waals surface area contributed by atoms with E-state index in [1.165, 1.54) is 9.47 Å². The molecule has 0 saturated heterocycles. The number of alkyl halides is 4. The number of rotatable bonds is 5. The Balaban J connectivity index is 1.89. The molecule has 1 unspecified atom stereocenters. The summed E-state index contributed by atoms with van der Waals surface area (Å²) in [5, 5.41) is 0. The van der Waals surface area contributed by atoms with Crippen molar-refractivity contribution in [2.24, 2.45) is 5.92 Å². The summed E-state index contributed by atoms with van der Waals surface area (Å²) in [4.78, 5) is 16.7. The van der Waals surface area contributed by atoms with Crippen molar-refractivity contribution in [1.29, 1.82) is 0 Å². The van der Waals surface area contributed by atoms with E-state index in [0.29, 0.717) is 31.8 Å². The van der Waals surface area contributed by atoms with E-state index < -0.39 is 24.6 Å². The van der Waals surface area contributed by atoms with Gasteiger partial charge in [-0.3, -0.25) is 4.39 Å². The van der Waals surface area contributed by atoms with Crippen molar-refractivity contribution in [3.8, 4) is 0 Å². The quantitative estimate of drug-likeness (QED) is 0.613. The van der Waals surface area contributed by atoms with Crippen LogP contribution in [0.3, 0.4) is 0 Å². The number of carbonyl (C=O) groups is 1. The van der Waals surface area contributed by atoms with E-state index in [0.717, 1.165) is 6.20 Å². The summed E-state index contributed by atoms with van der Waals surface area (Å²) in [7, 11) is 1.56. The first-order valence-electron chi connectivity index (χ1n) is 7.38. The molecule has 5 nitrogen and oxygen atoms in total. The van der Waals surface area contributed by atoms with Gasteiger partial charge in [0.05, 0.1) is 13.3 Å². The van der Waals surface area contributed by atoms with E-state index in [1.807, 2.05) is 0 Å². The minimum atomic E-state index is -4.45. The smallest absolute Gasteiger partial charge is 0.434 e. The van der Waals surface area contributed by atoms with Gasteiger partial charge in [-0.05, 0) is 12.3 Å². The molecule has 1 aliphatic heterocycles. The zero-order chi connectivity index (χ0) is 17.0. The summed E-state index contributed by atoms with van der Waals surface area (Å²) in [6.07, 6.45) is -2.74. The summed E-state index contributed by atoms with van der Waals surface area (Å²) >= 11 is 0. The molecule has 0 aromatic carbocycles. The highest BCUT2D eigenvalue weighted by molar-refractivity contribution is 5.67. The largest absolute Gasteiger partial charge is 0.449 e. The number of halogens is 4. The lowest BCUT2D eigenvalue weighted by Gasteiger charge is -2.27. The predicted molar refractivity (Wildman–Crippen MR) is 73.6 cm³/mol. The van der Waals surface area contributed by atoms with Crippen LogP contribution in [0.4, 0.5) is 22.4 Å². The van der Waals surface area contributed by atoms with Crippen molar-refractivity contribution in [1.82, 2.24) is 14.5 Å². The summed E-state index contributed by atoms with van der Waals surface area (Å²) < 4.78 is 56.3. The minimum absolute atomic E-state index is 0.0188. The van der Waals surface area contributed by atoms with Gasteiger partial charge in [-0.2, -0.15) is 13.2 Å². The molecule has 0 aliphatic carbocycles. The number of hydrogen-bond donors (Lipinski definition) is 0. The third-order valence-electron chi connectivity index (χ3n) is 3.73. The molecule has 1 aromatic heterocycles. The summed E-state index contributed by atoms with van der Waals surface area (Å²) in [6, 6.07) is 0. The normalized spacial score (nSPS) is 17.7. The van der Waals surface area contributed by atoms with Crippen molar-refractivity contribution in [3.05, 3.63) is 17.7 Å². The van der Waals surface area contributed by atoms with Crippen LogP contribution in [0.2, 0.25) is 0 Å². The van der Waals surface area contributed by atoms with Gasteiger partial charge in [0.1, 0.15) is 5.82 Å². The summed E-state index contributed by atoms with van der Waals surface area (Å²) in [5.41, 5.74) is -0.882. The van der Waals surface area contributed by atoms with Crippen LogP contribution in [0.1, 0.15) is 24.4 Å². The van der Waals surface area contributed by atoms with Crippen molar-refractivity contribution in [3.63, 3.8) is 0 Å². The molecule has 1 atom stereocenters. The molecule has 2 heterocycles. The van der Waals surface area contributed by atoms with Gasteiger partial charge in [0.2, 0.25) is 0 Å². The highest BCUT2D eigenvalue weighted by Gasteiger charge is 2.36. The third-order valence-corrected chi connectivity index (χ3v) is 3.73. The van der Waals surface area contributed by atoms with Crippen LogP contribution in [0.25, 0.3) is 0 Å². The number of hydrogen-bond acceptors (Lipinski definition) is 3. The third kappa shape index (κ3) is 4.59. The molecule has 1 amide bonds. The molecular weight excluding hydrogens is 318 g/mol. The first-order chi connectivity index (χ1) is 10.8. The molecule has 0 radical (unpaired) electrons. The second-order valence-corrected chi connectivity index (χ2v) is 5.63. The second-order valence-electron chi connectivity index (χ2n) is 5.63. The molecule has 130 valence electrons.